The van der Waals surface area contributed by atoms with E-state index >= 15 is 0 Å². The van der Waals surface area contributed by atoms with Gasteiger partial charge in [0.05, 0.1) is 32.2 Å². The van der Waals surface area contributed by atoms with Crippen LogP contribution >= 0.6 is 0 Å². The molecule has 194 valence electrons. The number of halogens is 1. The zero-order valence-electron chi connectivity index (χ0n) is 20.7. The van der Waals surface area contributed by atoms with Crippen molar-refractivity contribution < 1.29 is 23.4 Å². The molecule has 1 fully saturated rings. The van der Waals surface area contributed by atoms with Crippen molar-refractivity contribution in [3.63, 3.8) is 0 Å². The summed E-state index contributed by atoms with van der Waals surface area (Å²) < 4.78 is 30.9. The molecule has 1 amide bonds. The lowest BCUT2D eigenvalue weighted by Gasteiger charge is -2.27. The number of aromatic nitrogens is 2. The van der Waals surface area contributed by atoms with E-state index in [0.717, 1.165) is 17.4 Å². The van der Waals surface area contributed by atoms with E-state index in [-0.39, 0.29) is 24.3 Å². The molecule has 10 nitrogen and oxygen atoms in total. The van der Waals surface area contributed by atoms with E-state index in [9.17, 15) is 9.18 Å². The summed E-state index contributed by atoms with van der Waals surface area (Å²) in [7, 11) is 0. The Labute approximate surface area is 214 Å². The van der Waals surface area contributed by atoms with Crippen LogP contribution in [0.4, 0.5) is 21.8 Å². The molecule has 1 aromatic heterocycles. The van der Waals surface area contributed by atoms with E-state index in [1.165, 1.54) is 0 Å². The Morgan fingerprint density at radius 2 is 2.00 bits per heavy atom. The molecule has 2 N–H and O–H groups in total. The smallest absolute Gasteiger partial charge is 0.262 e. The summed E-state index contributed by atoms with van der Waals surface area (Å²) in [5.74, 6) is 0.515. The van der Waals surface area contributed by atoms with Gasteiger partial charge in [0.25, 0.3) is 5.91 Å². The Kier molecular flexibility index (Phi) is 8.82. The normalized spacial score (nSPS) is 13.4. The monoisotopic (exact) mass is 508 g/mol. The Hall–Kier alpha value is -4.25. The Bertz CT molecular complexity index is 1250. The Morgan fingerprint density at radius 1 is 1.19 bits per heavy atom. The highest BCUT2D eigenvalue weighted by atomic mass is 19.1. The predicted molar refractivity (Wildman–Crippen MR) is 139 cm³/mol. The van der Waals surface area contributed by atoms with Crippen molar-refractivity contribution >= 4 is 29.6 Å². The second kappa shape index (κ2) is 12.6. The first-order valence-corrected chi connectivity index (χ1v) is 11.9. The van der Waals surface area contributed by atoms with Gasteiger partial charge in [-0.3, -0.25) is 4.79 Å². The highest BCUT2D eigenvalue weighted by Gasteiger charge is 2.17. The summed E-state index contributed by atoms with van der Waals surface area (Å²) >= 11 is 0. The number of para-hydroxylation sites is 1. The van der Waals surface area contributed by atoms with Crippen molar-refractivity contribution in [3.8, 4) is 11.5 Å². The van der Waals surface area contributed by atoms with Gasteiger partial charge in [-0.1, -0.05) is 18.2 Å². The van der Waals surface area contributed by atoms with Gasteiger partial charge in [0.2, 0.25) is 5.95 Å². The molecule has 0 atom stereocenters. The third kappa shape index (κ3) is 7.14. The fourth-order valence-electron chi connectivity index (χ4n) is 3.61. The molecule has 0 bridgehead atoms. The molecular formula is C26H29FN6O4. The van der Waals surface area contributed by atoms with Gasteiger partial charge in [-0.05, 0) is 49.2 Å². The van der Waals surface area contributed by atoms with Gasteiger partial charge in [-0.2, -0.15) is 10.1 Å². The number of carbonyl (C=O) groups is 1. The topological polar surface area (TPSA) is 110 Å². The molecule has 11 heteroatoms. The number of hydrogen-bond acceptors (Lipinski definition) is 9. The first-order chi connectivity index (χ1) is 18.0. The third-order valence-corrected chi connectivity index (χ3v) is 5.46. The van der Waals surface area contributed by atoms with E-state index in [1.54, 1.807) is 24.4 Å². The number of anilines is 3. The maximum Gasteiger partial charge on any atom is 0.262 e. The number of rotatable bonds is 10. The minimum absolute atomic E-state index is 0.170. The van der Waals surface area contributed by atoms with Crippen LogP contribution in [0.5, 0.6) is 11.5 Å². The SMILES string of the molecule is CCOc1cc(/C=N\Nc2ncc(F)c(N3CCOCC3)n2)ccc1OCC(=O)Nc1ccccc1C. The van der Waals surface area contributed by atoms with Crippen molar-refractivity contribution in [2.45, 2.75) is 13.8 Å². The molecule has 4 rings (SSSR count). The van der Waals surface area contributed by atoms with Gasteiger partial charge < -0.3 is 24.4 Å². The predicted octanol–water partition coefficient (Wildman–Crippen LogP) is 3.62. The van der Waals surface area contributed by atoms with Crippen molar-refractivity contribution in [1.29, 1.82) is 0 Å². The molecule has 0 unspecified atom stereocenters. The number of ether oxygens (including phenoxy) is 3. The van der Waals surface area contributed by atoms with Gasteiger partial charge in [-0.15, -0.1) is 0 Å². The van der Waals surface area contributed by atoms with Crippen molar-refractivity contribution in [1.82, 2.24) is 9.97 Å². The average Bonchev–Trinajstić information content (AvgIpc) is 2.91. The molecule has 1 aliphatic rings. The molecule has 1 aliphatic heterocycles. The summed E-state index contributed by atoms with van der Waals surface area (Å²) in [6.07, 6.45) is 2.67. The van der Waals surface area contributed by atoms with Gasteiger partial charge >= 0.3 is 0 Å². The van der Waals surface area contributed by atoms with Gasteiger partial charge in [0.1, 0.15) is 0 Å². The second-order valence-corrected chi connectivity index (χ2v) is 8.13. The molecule has 2 aromatic carbocycles. The number of nitrogens with zero attached hydrogens (tertiary/aromatic N) is 4. The summed E-state index contributed by atoms with van der Waals surface area (Å²) in [6, 6.07) is 12.7. The average molecular weight is 509 g/mol. The van der Waals surface area contributed by atoms with Crippen LogP contribution in [-0.4, -0.2) is 61.6 Å². The van der Waals surface area contributed by atoms with E-state index < -0.39 is 5.82 Å². The van der Waals surface area contributed by atoms with Gasteiger partial charge in [0.15, 0.2) is 29.7 Å². The molecular weight excluding hydrogens is 479 g/mol. The summed E-state index contributed by atoms with van der Waals surface area (Å²) in [6.45, 7) is 6.17. The van der Waals surface area contributed by atoms with Crippen LogP contribution in [0.1, 0.15) is 18.1 Å². The molecule has 37 heavy (non-hydrogen) atoms. The van der Waals surface area contributed by atoms with Crippen LogP contribution in [0, 0.1) is 12.7 Å². The highest BCUT2D eigenvalue weighted by molar-refractivity contribution is 5.92. The number of hydrazone groups is 1. The summed E-state index contributed by atoms with van der Waals surface area (Å²) in [5, 5.41) is 7.00. The van der Waals surface area contributed by atoms with Crippen LogP contribution in [-0.2, 0) is 9.53 Å². The Morgan fingerprint density at radius 3 is 2.78 bits per heavy atom. The number of amides is 1. The summed E-state index contributed by atoms with van der Waals surface area (Å²) in [5.41, 5.74) is 5.15. The second-order valence-electron chi connectivity index (χ2n) is 8.13. The molecule has 3 aromatic rings. The lowest BCUT2D eigenvalue weighted by atomic mass is 10.2. The van der Waals surface area contributed by atoms with E-state index in [4.69, 9.17) is 14.2 Å². The standard InChI is InChI=1S/C26H29FN6O4/c1-3-36-23-14-19(8-9-22(23)37-17-24(34)30-21-7-5-4-6-18(21)2)15-29-32-26-28-16-20(27)25(31-26)33-10-12-35-13-11-33/h4-9,14-16H,3,10-13,17H2,1-2H3,(H,30,34)(H,28,31,32)/b29-15-. The lowest BCUT2D eigenvalue weighted by Crippen LogP contribution is -2.37. The molecule has 0 radical (unpaired) electrons. The minimum atomic E-state index is -0.499. The molecule has 2 heterocycles. The number of morpholine rings is 1. The van der Waals surface area contributed by atoms with Crippen LogP contribution in [0.15, 0.2) is 53.8 Å². The van der Waals surface area contributed by atoms with Gasteiger partial charge in [-0.25, -0.2) is 14.8 Å². The number of aryl methyl sites for hydroxylation is 1. The lowest BCUT2D eigenvalue weighted by molar-refractivity contribution is -0.118. The number of nitrogens with one attached hydrogen (secondary N) is 2. The van der Waals surface area contributed by atoms with Crippen LogP contribution in [0.2, 0.25) is 0 Å². The summed E-state index contributed by atoms with van der Waals surface area (Å²) in [4.78, 5) is 22.3. The third-order valence-electron chi connectivity index (χ3n) is 5.46. The van der Waals surface area contributed by atoms with Crippen LogP contribution < -0.4 is 25.1 Å². The number of benzene rings is 2. The molecule has 0 spiro atoms. The quantitative estimate of drug-likeness (QED) is 0.316. The highest BCUT2D eigenvalue weighted by Crippen LogP contribution is 2.28. The minimum Gasteiger partial charge on any atom is -0.490 e. The number of carbonyl (C=O) groups excluding carboxylic acids is 1. The van der Waals surface area contributed by atoms with Crippen LogP contribution in [0.25, 0.3) is 0 Å². The van der Waals surface area contributed by atoms with Crippen molar-refractivity contribution in [3.05, 3.63) is 65.6 Å². The first-order valence-electron chi connectivity index (χ1n) is 11.9. The van der Waals surface area contributed by atoms with E-state index in [2.05, 4.69) is 25.8 Å². The van der Waals surface area contributed by atoms with Crippen molar-refractivity contribution in [2.24, 2.45) is 5.10 Å². The number of hydrogen-bond donors (Lipinski definition) is 2. The van der Waals surface area contributed by atoms with E-state index in [1.807, 2.05) is 43.0 Å². The molecule has 0 saturated carbocycles. The Balaban J connectivity index is 1.37. The molecule has 0 aliphatic carbocycles. The van der Waals surface area contributed by atoms with Gasteiger partial charge in [0, 0.05) is 18.8 Å². The zero-order chi connectivity index (χ0) is 26.0. The maximum atomic E-state index is 14.2. The maximum absolute atomic E-state index is 14.2. The van der Waals surface area contributed by atoms with Crippen LogP contribution in [0.3, 0.4) is 0 Å². The fourth-order valence-corrected chi connectivity index (χ4v) is 3.61. The van der Waals surface area contributed by atoms with Crippen molar-refractivity contribution in [2.75, 3.05) is 55.2 Å². The molecule has 1 saturated heterocycles. The fraction of sp³-hybridized carbons (Fsp3) is 0.308. The zero-order valence-corrected chi connectivity index (χ0v) is 20.7. The van der Waals surface area contributed by atoms with E-state index in [0.29, 0.717) is 50.0 Å². The first kappa shape index (κ1) is 25.8. The largest absolute Gasteiger partial charge is 0.490 e.